The van der Waals surface area contributed by atoms with Crippen molar-refractivity contribution in [3.63, 3.8) is 0 Å². The molecule has 172 valence electrons. The van der Waals surface area contributed by atoms with Crippen molar-refractivity contribution < 1.29 is 19.5 Å². The molecule has 1 aliphatic carbocycles. The molecular formula is C27H25N3O4. The van der Waals surface area contributed by atoms with Gasteiger partial charge in [-0.05, 0) is 46.4 Å². The lowest BCUT2D eigenvalue weighted by atomic mass is 9.91. The minimum Gasteiger partial charge on any atom is -0.466 e. The fraction of sp³-hybridized carbons (Fsp3) is 0.222. The maximum atomic E-state index is 13.0. The molecule has 7 nitrogen and oxygen atoms in total. The quantitative estimate of drug-likeness (QED) is 0.181. The van der Waals surface area contributed by atoms with E-state index in [0.717, 1.165) is 55.2 Å². The molecule has 1 amide bonds. The molecule has 2 aromatic carbocycles. The van der Waals surface area contributed by atoms with E-state index in [1.807, 2.05) is 30.4 Å². The maximum Gasteiger partial charge on any atom is 0.302 e. The topological polar surface area (TPSA) is 92.9 Å². The van der Waals surface area contributed by atoms with Gasteiger partial charge in [-0.1, -0.05) is 36.5 Å². The Hall–Kier alpha value is -4.13. The number of aromatic nitrogens is 1. The van der Waals surface area contributed by atoms with Gasteiger partial charge in [-0.15, -0.1) is 0 Å². The molecule has 0 fully saturated rings. The highest BCUT2D eigenvalue weighted by Gasteiger charge is 2.35. The highest BCUT2D eigenvalue weighted by Crippen LogP contribution is 2.47. The number of esters is 1. The largest absolute Gasteiger partial charge is 0.466 e. The van der Waals surface area contributed by atoms with Crippen LogP contribution in [-0.4, -0.2) is 34.5 Å². The molecular weight excluding hydrogens is 430 g/mol. The van der Waals surface area contributed by atoms with Crippen molar-refractivity contribution in [2.24, 2.45) is 5.16 Å². The van der Waals surface area contributed by atoms with Crippen LogP contribution in [0.3, 0.4) is 0 Å². The number of nitrogens with zero attached hydrogens (tertiary/aromatic N) is 2. The van der Waals surface area contributed by atoms with Gasteiger partial charge in [0.2, 0.25) is 0 Å². The highest BCUT2D eigenvalue weighted by molar-refractivity contribution is 6.19. The summed E-state index contributed by atoms with van der Waals surface area (Å²) in [5.41, 5.74) is 8.51. The van der Waals surface area contributed by atoms with Gasteiger partial charge in [0.15, 0.2) is 0 Å². The summed E-state index contributed by atoms with van der Waals surface area (Å²) >= 11 is 0. The van der Waals surface area contributed by atoms with Crippen molar-refractivity contribution in [2.75, 3.05) is 6.61 Å². The Morgan fingerprint density at radius 3 is 2.79 bits per heavy atom. The van der Waals surface area contributed by atoms with Crippen molar-refractivity contribution in [1.82, 2.24) is 9.88 Å². The second kappa shape index (κ2) is 8.33. The average molecular weight is 456 g/mol. The average Bonchev–Trinajstić information content (AvgIpc) is 3.47. The molecule has 0 unspecified atom stereocenters. The van der Waals surface area contributed by atoms with Gasteiger partial charge in [0, 0.05) is 48.3 Å². The van der Waals surface area contributed by atoms with Gasteiger partial charge >= 0.3 is 5.97 Å². The summed E-state index contributed by atoms with van der Waals surface area (Å²) in [6, 6.07) is 5.89. The van der Waals surface area contributed by atoms with Crippen molar-refractivity contribution in [2.45, 2.75) is 32.9 Å². The van der Waals surface area contributed by atoms with Crippen LogP contribution in [0.15, 0.2) is 54.2 Å². The Bertz CT molecular complexity index is 1470. The van der Waals surface area contributed by atoms with Crippen LogP contribution < -0.4 is 5.32 Å². The summed E-state index contributed by atoms with van der Waals surface area (Å²) < 4.78 is 7.43. The van der Waals surface area contributed by atoms with Gasteiger partial charge in [0.05, 0.1) is 23.9 Å². The van der Waals surface area contributed by atoms with E-state index in [0.29, 0.717) is 38.1 Å². The Kier molecular flexibility index (Phi) is 5.32. The molecule has 0 saturated carbocycles. The first-order valence-electron chi connectivity index (χ1n) is 11.2. The van der Waals surface area contributed by atoms with Gasteiger partial charge in [-0.2, -0.15) is 0 Å². The number of amides is 1. The molecule has 1 aromatic heterocycles. The molecule has 3 aromatic rings. The zero-order valence-electron chi connectivity index (χ0n) is 19.0. The number of oxime groups is 1. The number of nitrogens with one attached hydrogen (secondary N) is 1. The second-order valence-electron chi connectivity index (χ2n) is 8.50. The highest BCUT2D eigenvalue weighted by atomic mass is 16.5. The zero-order chi connectivity index (χ0) is 24.0. The Morgan fingerprint density at radius 1 is 1.26 bits per heavy atom. The van der Waals surface area contributed by atoms with E-state index < -0.39 is 0 Å². The Labute approximate surface area is 196 Å². The number of ether oxygens (including phenoxy) is 1. The number of aryl methyl sites for hydroxylation is 1. The molecule has 0 radical (unpaired) electrons. The summed E-state index contributed by atoms with van der Waals surface area (Å²) in [5.74, 6) is -0.379. The van der Waals surface area contributed by atoms with E-state index >= 15 is 0 Å². The molecule has 7 heteroatoms. The van der Waals surface area contributed by atoms with E-state index in [1.165, 1.54) is 13.1 Å². The van der Waals surface area contributed by atoms with Gasteiger partial charge in [0.25, 0.3) is 5.91 Å². The minimum atomic E-state index is -0.297. The van der Waals surface area contributed by atoms with Crippen molar-refractivity contribution >= 4 is 45.5 Å². The van der Waals surface area contributed by atoms with E-state index in [4.69, 9.17) is 9.94 Å². The smallest absolute Gasteiger partial charge is 0.302 e. The van der Waals surface area contributed by atoms with Crippen LogP contribution in [0.25, 0.3) is 27.4 Å². The molecule has 2 N–H and O–H groups in total. The normalized spacial score (nSPS) is 14.7. The fourth-order valence-electron chi connectivity index (χ4n) is 5.37. The molecule has 1 aliphatic heterocycles. The zero-order valence-corrected chi connectivity index (χ0v) is 19.0. The van der Waals surface area contributed by atoms with E-state index in [9.17, 15) is 9.59 Å². The summed E-state index contributed by atoms with van der Waals surface area (Å²) in [5, 5.41) is 17.3. The Balaban J connectivity index is 1.85. The first kappa shape index (κ1) is 21.7. The van der Waals surface area contributed by atoms with Gasteiger partial charge in [0.1, 0.15) is 0 Å². The number of benzene rings is 2. The standard InChI is InChI=1S/C27H25N3O4/c1-4-17-12-20-23(18(17)5-2)25-21(14-28-27(25)32)24-19-11-16(13-29-33)7-8-22(19)30(26(20)24)9-6-10-34-15(3)31/h4-5,7-8,11,13,33H,1-2,6,9-10,12,14H2,3H3,(H,28,32)/b29-13+. The molecule has 0 saturated heterocycles. The van der Waals surface area contributed by atoms with Crippen LogP contribution in [0.1, 0.15) is 46.0 Å². The fourth-order valence-corrected chi connectivity index (χ4v) is 5.37. The summed E-state index contributed by atoms with van der Waals surface area (Å²) in [4.78, 5) is 24.3. The van der Waals surface area contributed by atoms with Crippen LogP contribution in [0, 0.1) is 0 Å². The third kappa shape index (κ3) is 3.15. The summed E-state index contributed by atoms with van der Waals surface area (Å²) in [6.45, 7) is 10.8. The number of fused-ring (bicyclic) bond motifs is 8. The molecule has 2 heterocycles. The number of carbonyl (C=O) groups is 2. The van der Waals surface area contributed by atoms with Crippen molar-refractivity contribution in [1.29, 1.82) is 0 Å². The van der Waals surface area contributed by atoms with Crippen LogP contribution in [-0.2, 0) is 29.0 Å². The molecule has 0 spiro atoms. The number of hydrogen-bond acceptors (Lipinski definition) is 5. The molecule has 0 atom stereocenters. The van der Waals surface area contributed by atoms with Gasteiger partial charge in [-0.3, -0.25) is 9.59 Å². The van der Waals surface area contributed by atoms with Crippen LogP contribution in [0.4, 0.5) is 0 Å². The molecule has 2 aliphatic rings. The molecule has 0 bridgehead atoms. The predicted octanol–water partition coefficient (Wildman–Crippen LogP) is 4.48. The third-order valence-corrected chi connectivity index (χ3v) is 6.65. The van der Waals surface area contributed by atoms with E-state index in [2.05, 4.69) is 28.2 Å². The number of allylic oxidation sites excluding steroid dienone is 4. The van der Waals surface area contributed by atoms with Gasteiger partial charge < -0.3 is 19.8 Å². The number of rotatable bonds is 7. The predicted molar refractivity (Wildman–Crippen MR) is 132 cm³/mol. The SMILES string of the molecule is C=CC1=C(C=C)c2c3c(c4c5cc(/C=N/O)ccc5n(CCCOC(C)=O)c4c2C1)CNC3=O. The van der Waals surface area contributed by atoms with Crippen molar-refractivity contribution in [3.8, 4) is 0 Å². The lowest BCUT2D eigenvalue weighted by Gasteiger charge is -2.14. The first-order valence-corrected chi connectivity index (χ1v) is 11.2. The van der Waals surface area contributed by atoms with Crippen molar-refractivity contribution in [3.05, 3.63) is 76.9 Å². The number of hydrogen-bond donors (Lipinski definition) is 2. The van der Waals surface area contributed by atoms with Crippen LogP contribution >= 0.6 is 0 Å². The van der Waals surface area contributed by atoms with Crippen LogP contribution in [0.2, 0.25) is 0 Å². The van der Waals surface area contributed by atoms with E-state index in [-0.39, 0.29) is 11.9 Å². The monoisotopic (exact) mass is 455 g/mol. The first-order chi connectivity index (χ1) is 16.5. The summed E-state index contributed by atoms with van der Waals surface area (Å²) in [6.07, 6.45) is 6.35. The Morgan fingerprint density at radius 2 is 2.09 bits per heavy atom. The lowest BCUT2D eigenvalue weighted by molar-refractivity contribution is -0.141. The summed E-state index contributed by atoms with van der Waals surface area (Å²) in [7, 11) is 0. The second-order valence-corrected chi connectivity index (χ2v) is 8.50. The number of carbonyl (C=O) groups excluding carboxylic acids is 2. The molecule has 5 rings (SSSR count). The minimum absolute atomic E-state index is 0.0818. The van der Waals surface area contributed by atoms with E-state index in [1.54, 1.807) is 0 Å². The maximum absolute atomic E-state index is 13.0. The lowest BCUT2D eigenvalue weighted by Crippen LogP contribution is -2.14. The van der Waals surface area contributed by atoms with Crippen LogP contribution in [0.5, 0.6) is 0 Å². The third-order valence-electron chi connectivity index (χ3n) is 6.65. The molecule has 34 heavy (non-hydrogen) atoms. The van der Waals surface area contributed by atoms with Gasteiger partial charge in [-0.25, -0.2) is 0 Å².